The molecule has 35 heavy (non-hydrogen) atoms. The van der Waals surface area contributed by atoms with Gasteiger partial charge in [-0.05, 0) is 59.0 Å². The number of rotatable bonds is 8. The number of carbonyl (C=O) groups excluding carboxylic acids is 1. The number of benzene rings is 3. The summed E-state index contributed by atoms with van der Waals surface area (Å²) in [6.07, 6.45) is 1.34. The number of esters is 1. The molecule has 6 heteroatoms. The first-order valence-electron chi connectivity index (χ1n) is 12.1. The van der Waals surface area contributed by atoms with E-state index in [-0.39, 0.29) is 12.4 Å². The van der Waals surface area contributed by atoms with E-state index in [9.17, 15) is 4.79 Å². The maximum Gasteiger partial charge on any atom is 0.310 e. The highest BCUT2D eigenvalue weighted by Gasteiger charge is 2.44. The standard InChI is InChI=1S/C29H32N2O4/c1-33-28(32)15-24-6-2-3-8-27(24)35-17-22-12-25(23-7-4-5-21(11-23)16-30)14-26(13-22)31-10-9-29(18-31)19-34-20-29/h2-8,11-14H,9-10,15-20,30H2,1H3. The number of carbonyl (C=O) groups is 1. The molecular formula is C29H32N2O4. The average Bonchev–Trinajstić information content (AvgIpc) is 3.35. The zero-order valence-electron chi connectivity index (χ0n) is 20.2. The largest absolute Gasteiger partial charge is 0.489 e. The summed E-state index contributed by atoms with van der Waals surface area (Å²) in [4.78, 5) is 14.3. The molecule has 5 rings (SSSR count). The first-order chi connectivity index (χ1) is 17.1. The third-order valence-corrected chi connectivity index (χ3v) is 7.02. The first-order valence-corrected chi connectivity index (χ1v) is 12.1. The van der Waals surface area contributed by atoms with E-state index in [2.05, 4.69) is 47.4 Å². The molecule has 182 valence electrons. The summed E-state index contributed by atoms with van der Waals surface area (Å²) in [5.41, 5.74) is 12.7. The van der Waals surface area contributed by atoms with Gasteiger partial charge in [-0.25, -0.2) is 0 Å². The van der Waals surface area contributed by atoms with Gasteiger partial charge in [0.25, 0.3) is 0 Å². The van der Waals surface area contributed by atoms with Crippen LogP contribution < -0.4 is 15.4 Å². The van der Waals surface area contributed by atoms with Crippen molar-refractivity contribution in [3.8, 4) is 16.9 Å². The number of nitrogens with two attached hydrogens (primary N) is 1. The lowest BCUT2D eigenvalue weighted by Gasteiger charge is -2.38. The Morgan fingerprint density at radius 3 is 2.60 bits per heavy atom. The average molecular weight is 473 g/mol. The fourth-order valence-corrected chi connectivity index (χ4v) is 4.95. The Morgan fingerprint density at radius 1 is 1.03 bits per heavy atom. The lowest BCUT2D eigenvalue weighted by molar-refractivity contribution is -0.139. The van der Waals surface area contributed by atoms with Crippen LogP contribution >= 0.6 is 0 Å². The third-order valence-electron chi connectivity index (χ3n) is 7.02. The second-order valence-electron chi connectivity index (χ2n) is 9.61. The normalized spacial score (nSPS) is 16.2. The molecule has 0 aliphatic carbocycles. The minimum Gasteiger partial charge on any atom is -0.489 e. The monoisotopic (exact) mass is 472 g/mol. The highest BCUT2D eigenvalue weighted by Crippen LogP contribution is 2.40. The van der Waals surface area contributed by atoms with Crippen LogP contribution in [-0.2, 0) is 33.8 Å². The molecular weight excluding hydrogens is 440 g/mol. The molecule has 0 saturated carbocycles. The lowest BCUT2D eigenvalue weighted by atomic mass is 9.85. The number of anilines is 1. The van der Waals surface area contributed by atoms with Gasteiger partial charge in [0.05, 0.1) is 26.7 Å². The van der Waals surface area contributed by atoms with Crippen LogP contribution in [0.3, 0.4) is 0 Å². The van der Waals surface area contributed by atoms with E-state index in [1.807, 2.05) is 24.3 Å². The fourth-order valence-electron chi connectivity index (χ4n) is 4.95. The minimum absolute atomic E-state index is 0.182. The molecule has 3 aromatic carbocycles. The van der Waals surface area contributed by atoms with Crippen LogP contribution in [0.1, 0.15) is 23.1 Å². The Bertz CT molecular complexity index is 1200. The van der Waals surface area contributed by atoms with E-state index >= 15 is 0 Å². The molecule has 0 atom stereocenters. The minimum atomic E-state index is -0.284. The summed E-state index contributed by atoms with van der Waals surface area (Å²) in [5.74, 6) is 0.412. The highest BCUT2D eigenvalue weighted by atomic mass is 16.5. The van der Waals surface area contributed by atoms with Crippen molar-refractivity contribution < 1.29 is 19.0 Å². The van der Waals surface area contributed by atoms with Crippen molar-refractivity contribution in [3.05, 3.63) is 83.4 Å². The van der Waals surface area contributed by atoms with E-state index in [1.165, 1.54) is 12.8 Å². The molecule has 0 radical (unpaired) electrons. The molecule has 2 N–H and O–H groups in total. The number of nitrogens with zero attached hydrogens (tertiary/aromatic N) is 1. The summed E-state index contributed by atoms with van der Waals surface area (Å²) >= 11 is 0. The second-order valence-corrected chi connectivity index (χ2v) is 9.61. The van der Waals surface area contributed by atoms with Crippen molar-refractivity contribution in [2.75, 3.05) is 38.3 Å². The van der Waals surface area contributed by atoms with Crippen molar-refractivity contribution >= 4 is 11.7 Å². The summed E-state index contributed by atoms with van der Waals surface area (Å²) in [6.45, 7) is 4.66. The van der Waals surface area contributed by atoms with Gasteiger partial charge >= 0.3 is 5.97 Å². The third kappa shape index (κ3) is 5.19. The Labute approximate surface area is 206 Å². The summed E-state index contributed by atoms with van der Waals surface area (Å²) in [7, 11) is 1.40. The van der Waals surface area contributed by atoms with Crippen LogP contribution in [0.2, 0.25) is 0 Å². The van der Waals surface area contributed by atoms with Gasteiger partial charge in [-0.15, -0.1) is 0 Å². The van der Waals surface area contributed by atoms with E-state index in [0.29, 0.717) is 24.3 Å². The van der Waals surface area contributed by atoms with E-state index in [4.69, 9.17) is 19.9 Å². The quantitative estimate of drug-likeness (QED) is 0.492. The SMILES string of the molecule is COC(=O)Cc1ccccc1OCc1cc(-c2cccc(CN)c2)cc(N2CCC3(COC3)C2)c1. The van der Waals surface area contributed by atoms with Crippen molar-refractivity contribution in [1.82, 2.24) is 0 Å². The van der Waals surface area contributed by atoms with E-state index in [0.717, 1.165) is 60.5 Å². The van der Waals surface area contributed by atoms with Crippen LogP contribution in [0.4, 0.5) is 5.69 Å². The Kier molecular flexibility index (Phi) is 6.75. The van der Waals surface area contributed by atoms with Crippen molar-refractivity contribution in [1.29, 1.82) is 0 Å². The van der Waals surface area contributed by atoms with Gasteiger partial charge in [0, 0.05) is 36.3 Å². The lowest BCUT2D eigenvalue weighted by Crippen LogP contribution is -2.44. The zero-order chi connectivity index (χ0) is 24.3. The second kappa shape index (κ2) is 10.1. The molecule has 6 nitrogen and oxygen atoms in total. The molecule has 3 aromatic rings. The Balaban J connectivity index is 1.43. The fraction of sp³-hybridized carbons (Fsp3) is 0.345. The van der Waals surface area contributed by atoms with Crippen molar-refractivity contribution in [2.24, 2.45) is 11.1 Å². The van der Waals surface area contributed by atoms with Gasteiger partial charge < -0.3 is 24.8 Å². The highest BCUT2D eigenvalue weighted by molar-refractivity contribution is 5.73. The molecule has 0 unspecified atom stereocenters. The van der Waals surface area contributed by atoms with E-state index in [1.54, 1.807) is 0 Å². The maximum absolute atomic E-state index is 11.8. The molecule has 0 bridgehead atoms. The molecule has 2 fully saturated rings. The predicted molar refractivity (Wildman–Crippen MR) is 136 cm³/mol. The topological polar surface area (TPSA) is 74.0 Å². The van der Waals surface area contributed by atoms with Crippen LogP contribution in [-0.4, -0.2) is 39.4 Å². The molecule has 0 amide bonds. The van der Waals surface area contributed by atoms with Crippen molar-refractivity contribution in [3.63, 3.8) is 0 Å². The van der Waals surface area contributed by atoms with Gasteiger partial charge in [0.15, 0.2) is 0 Å². The maximum atomic E-state index is 11.8. The van der Waals surface area contributed by atoms with Crippen LogP contribution in [0.15, 0.2) is 66.7 Å². The number of methoxy groups -OCH3 is 1. The summed E-state index contributed by atoms with van der Waals surface area (Å²) in [6, 6.07) is 22.7. The summed E-state index contributed by atoms with van der Waals surface area (Å²) < 4.78 is 16.6. The molecule has 0 aromatic heterocycles. The number of ether oxygens (including phenoxy) is 3. The first kappa shape index (κ1) is 23.4. The van der Waals surface area contributed by atoms with Crippen LogP contribution in [0.5, 0.6) is 5.75 Å². The van der Waals surface area contributed by atoms with Gasteiger partial charge in [-0.3, -0.25) is 4.79 Å². The van der Waals surface area contributed by atoms with Gasteiger partial charge in [-0.2, -0.15) is 0 Å². The molecule has 1 spiro atoms. The molecule has 2 saturated heterocycles. The van der Waals surface area contributed by atoms with Gasteiger partial charge in [0.2, 0.25) is 0 Å². The Hall–Kier alpha value is -3.35. The number of hydrogen-bond donors (Lipinski definition) is 1. The smallest absolute Gasteiger partial charge is 0.310 e. The van der Waals surface area contributed by atoms with Gasteiger partial charge in [-0.1, -0.05) is 36.4 Å². The molecule has 2 aliphatic rings. The summed E-state index contributed by atoms with van der Waals surface area (Å²) in [5, 5.41) is 0. The zero-order valence-corrected chi connectivity index (χ0v) is 20.2. The number of para-hydroxylation sites is 1. The molecule has 2 heterocycles. The van der Waals surface area contributed by atoms with Crippen LogP contribution in [0, 0.1) is 5.41 Å². The van der Waals surface area contributed by atoms with Crippen LogP contribution in [0.25, 0.3) is 11.1 Å². The van der Waals surface area contributed by atoms with E-state index < -0.39 is 0 Å². The van der Waals surface area contributed by atoms with Crippen molar-refractivity contribution in [2.45, 2.75) is 26.0 Å². The number of hydrogen-bond acceptors (Lipinski definition) is 6. The molecule has 2 aliphatic heterocycles. The predicted octanol–water partition coefficient (Wildman–Crippen LogP) is 4.33. The Morgan fingerprint density at radius 2 is 1.86 bits per heavy atom. The van der Waals surface area contributed by atoms with Gasteiger partial charge in [0.1, 0.15) is 12.4 Å².